The Kier molecular flexibility index (Phi) is 3.87. The summed E-state index contributed by atoms with van der Waals surface area (Å²) in [4.78, 5) is 0. The number of aromatic nitrogens is 2. The first kappa shape index (κ1) is 16.2. The van der Waals surface area contributed by atoms with Crippen LogP contribution in [0.5, 0.6) is 0 Å². The quantitative estimate of drug-likeness (QED) is 0.598. The minimum absolute atomic E-state index is 0.163. The number of alkyl halides is 3. The Balaban J connectivity index is 2.25. The lowest BCUT2D eigenvalue weighted by molar-refractivity contribution is -0.140. The summed E-state index contributed by atoms with van der Waals surface area (Å²) in [5.41, 5.74) is -0.413. The van der Waals surface area contributed by atoms with E-state index in [2.05, 4.69) is 5.10 Å². The van der Waals surface area contributed by atoms with Crippen LogP contribution in [0.15, 0.2) is 48.7 Å². The van der Waals surface area contributed by atoms with E-state index in [0.717, 1.165) is 28.9 Å². The van der Waals surface area contributed by atoms with E-state index >= 15 is 0 Å². The summed E-state index contributed by atoms with van der Waals surface area (Å²) in [6, 6.07) is 8.57. The highest BCUT2D eigenvalue weighted by Crippen LogP contribution is 2.40. The molecule has 1 heterocycles. The number of hydrogen-bond donors (Lipinski definition) is 0. The molecule has 2 nitrogen and oxygen atoms in total. The SMILES string of the molecule is Cn1cc(-c2ccc(F)cc2-c2ccc(F)cc2)c(C(F)(F)F)n1. The fraction of sp³-hybridized carbons (Fsp3) is 0.118. The first-order chi connectivity index (χ1) is 11.3. The van der Waals surface area contributed by atoms with Gasteiger partial charge in [-0.2, -0.15) is 18.3 Å². The van der Waals surface area contributed by atoms with Crippen LogP contribution in [-0.2, 0) is 13.2 Å². The summed E-state index contributed by atoms with van der Waals surface area (Å²) in [5.74, 6) is -1.09. The molecule has 0 bridgehead atoms. The van der Waals surface area contributed by atoms with Crippen molar-refractivity contribution in [1.82, 2.24) is 9.78 Å². The molecule has 2 aromatic carbocycles. The summed E-state index contributed by atoms with van der Waals surface area (Å²) >= 11 is 0. The molecule has 0 fully saturated rings. The fourth-order valence-corrected chi connectivity index (χ4v) is 2.51. The van der Waals surface area contributed by atoms with Gasteiger partial charge in [-0.25, -0.2) is 8.78 Å². The van der Waals surface area contributed by atoms with Gasteiger partial charge in [0, 0.05) is 18.8 Å². The smallest absolute Gasteiger partial charge is 0.275 e. The molecule has 24 heavy (non-hydrogen) atoms. The van der Waals surface area contributed by atoms with Crippen LogP contribution in [0.1, 0.15) is 5.69 Å². The van der Waals surface area contributed by atoms with E-state index in [1.54, 1.807) is 0 Å². The molecule has 0 atom stereocenters. The zero-order valence-electron chi connectivity index (χ0n) is 12.4. The molecule has 124 valence electrons. The third kappa shape index (κ3) is 3.02. The zero-order chi connectivity index (χ0) is 17.5. The third-order valence-electron chi connectivity index (χ3n) is 3.52. The highest BCUT2D eigenvalue weighted by molar-refractivity contribution is 5.84. The van der Waals surface area contributed by atoms with Gasteiger partial charge in [-0.15, -0.1) is 0 Å². The molecular weight excluding hydrogens is 327 g/mol. The summed E-state index contributed by atoms with van der Waals surface area (Å²) in [6.07, 6.45) is -3.42. The van der Waals surface area contributed by atoms with Gasteiger partial charge in [0.1, 0.15) is 11.6 Å². The van der Waals surface area contributed by atoms with E-state index < -0.39 is 23.5 Å². The molecule has 1 aromatic heterocycles. The molecule has 0 spiro atoms. The normalized spacial score (nSPS) is 11.8. The Hall–Kier alpha value is -2.70. The van der Waals surface area contributed by atoms with Gasteiger partial charge < -0.3 is 0 Å². The van der Waals surface area contributed by atoms with Crippen molar-refractivity contribution in [2.45, 2.75) is 6.18 Å². The Bertz CT molecular complexity index is 879. The number of halogens is 5. The molecule has 3 rings (SSSR count). The van der Waals surface area contributed by atoms with Crippen molar-refractivity contribution in [1.29, 1.82) is 0 Å². The van der Waals surface area contributed by atoms with Gasteiger partial charge in [0.25, 0.3) is 0 Å². The molecule has 0 saturated carbocycles. The average Bonchev–Trinajstić information content (AvgIpc) is 2.90. The second-order valence-electron chi connectivity index (χ2n) is 5.26. The maximum absolute atomic E-state index is 13.7. The number of hydrogen-bond acceptors (Lipinski definition) is 1. The number of aryl methyl sites for hydroxylation is 1. The maximum Gasteiger partial charge on any atom is 0.435 e. The van der Waals surface area contributed by atoms with Crippen LogP contribution in [0.3, 0.4) is 0 Å². The predicted molar refractivity (Wildman–Crippen MR) is 79.0 cm³/mol. The second kappa shape index (κ2) is 5.74. The first-order valence-electron chi connectivity index (χ1n) is 6.92. The van der Waals surface area contributed by atoms with E-state index in [9.17, 15) is 22.0 Å². The Morgan fingerprint density at radius 2 is 1.46 bits per heavy atom. The summed E-state index contributed by atoms with van der Waals surface area (Å²) in [7, 11) is 1.37. The number of nitrogens with zero attached hydrogens (tertiary/aromatic N) is 2. The van der Waals surface area contributed by atoms with Crippen molar-refractivity contribution in [3.63, 3.8) is 0 Å². The lowest BCUT2D eigenvalue weighted by atomic mass is 9.94. The highest BCUT2D eigenvalue weighted by atomic mass is 19.4. The predicted octanol–water partition coefficient (Wildman–Crippen LogP) is 5.05. The molecule has 0 aliphatic carbocycles. The molecule has 0 saturated heterocycles. The largest absolute Gasteiger partial charge is 0.435 e. The Labute approximate surface area is 134 Å². The van der Waals surface area contributed by atoms with Gasteiger partial charge in [0.15, 0.2) is 5.69 Å². The van der Waals surface area contributed by atoms with E-state index in [-0.39, 0.29) is 16.7 Å². The Morgan fingerprint density at radius 1 is 0.833 bits per heavy atom. The zero-order valence-corrected chi connectivity index (χ0v) is 12.4. The van der Waals surface area contributed by atoms with Gasteiger partial charge in [-0.1, -0.05) is 18.2 Å². The van der Waals surface area contributed by atoms with Crippen LogP contribution in [0.4, 0.5) is 22.0 Å². The number of rotatable bonds is 2. The standard InChI is InChI=1S/C17H11F5N2/c1-24-9-15(16(23-24)17(20,21)22)13-7-6-12(19)8-14(13)10-2-4-11(18)5-3-10/h2-9H,1H3. The fourth-order valence-electron chi connectivity index (χ4n) is 2.51. The molecule has 0 unspecified atom stereocenters. The highest BCUT2D eigenvalue weighted by Gasteiger charge is 2.37. The van der Waals surface area contributed by atoms with Gasteiger partial charge in [-0.3, -0.25) is 4.68 Å². The molecule has 7 heteroatoms. The lowest BCUT2D eigenvalue weighted by Crippen LogP contribution is -2.08. The van der Waals surface area contributed by atoms with Crippen LogP contribution < -0.4 is 0 Å². The van der Waals surface area contributed by atoms with E-state index in [0.29, 0.717) is 5.56 Å². The summed E-state index contributed by atoms with van der Waals surface area (Å²) in [5, 5.41) is 3.47. The lowest BCUT2D eigenvalue weighted by Gasteiger charge is -2.12. The van der Waals surface area contributed by atoms with Crippen LogP contribution in [0.2, 0.25) is 0 Å². The second-order valence-corrected chi connectivity index (χ2v) is 5.26. The minimum Gasteiger partial charge on any atom is -0.275 e. The van der Waals surface area contributed by atoms with E-state index in [4.69, 9.17) is 0 Å². The van der Waals surface area contributed by atoms with Crippen LogP contribution in [0, 0.1) is 11.6 Å². The molecule has 0 N–H and O–H groups in total. The average molecular weight is 338 g/mol. The van der Waals surface area contributed by atoms with Gasteiger partial charge in [-0.05, 0) is 41.0 Å². The first-order valence-corrected chi connectivity index (χ1v) is 6.92. The molecule has 0 amide bonds. The topological polar surface area (TPSA) is 17.8 Å². The summed E-state index contributed by atoms with van der Waals surface area (Å²) in [6.45, 7) is 0. The molecule has 3 aromatic rings. The molecular formula is C17H11F5N2. The Morgan fingerprint density at radius 3 is 2.08 bits per heavy atom. The van der Waals surface area contributed by atoms with Crippen molar-refractivity contribution in [3.8, 4) is 22.3 Å². The van der Waals surface area contributed by atoms with Crippen molar-refractivity contribution in [2.24, 2.45) is 7.05 Å². The molecule has 0 radical (unpaired) electrons. The third-order valence-corrected chi connectivity index (χ3v) is 3.52. The molecule has 0 aliphatic rings. The van der Waals surface area contributed by atoms with E-state index in [1.165, 1.54) is 31.4 Å². The summed E-state index contributed by atoms with van der Waals surface area (Å²) < 4.78 is 67.4. The van der Waals surface area contributed by atoms with Gasteiger partial charge in [0.05, 0.1) is 0 Å². The van der Waals surface area contributed by atoms with Crippen molar-refractivity contribution >= 4 is 0 Å². The van der Waals surface area contributed by atoms with Gasteiger partial charge in [0.2, 0.25) is 0 Å². The van der Waals surface area contributed by atoms with Crippen molar-refractivity contribution in [2.75, 3.05) is 0 Å². The van der Waals surface area contributed by atoms with Crippen LogP contribution in [0.25, 0.3) is 22.3 Å². The minimum atomic E-state index is -4.65. The van der Waals surface area contributed by atoms with Gasteiger partial charge >= 0.3 is 6.18 Å². The number of benzene rings is 2. The monoisotopic (exact) mass is 338 g/mol. The van der Waals surface area contributed by atoms with E-state index in [1.807, 2.05) is 0 Å². The maximum atomic E-state index is 13.7. The molecule has 0 aliphatic heterocycles. The van der Waals surface area contributed by atoms with Crippen molar-refractivity contribution < 1.29 is 22.0 Å². The van der Waals surface area contributed by atoms with Crippen molar-refractivity contribution in [3.05, 3.63) is 66.0 Å². The van der Waals surface area contributed by atoms with Crippen LogP contribution >= 0.6 is 0 Å². The van der Waals surface area contributed by atoms with Crippen LogP contribution in [-0.4, -0.2) is 9.78 Å².